The fourth-order valence-electron chi connectivity index (χ4n) is 1.96. The summed E-state index contributed by atoms with van der Waals surface area (Å²) in [4.78, 5) is 24.1. The summed E-state index contributed by atoms with van der Waals surface area (Å²) in [6.45, 7) is 3.96. The molecule has 0 spiro atoms. The first-order valence-corrected chi connectivity index (χ1v) is 7.06. The largest absolute Gasteiger partial charge is 0.466 e. The minimum atomic E-state index is -0.334. The molecule has 0 fully saturated rings. The topological polar surface area (TPSA) is 65.1 Å². The molecule has 0 aromatic heterocycles. The lowest BCUT2D eigenvalue weighted by Gasteiger charge is -2.30. The van der Waals surface area contributed by atoms with Gasteiger partial charge in [-0.1, -0.05) is 19.4 Å². The maximum atomic E-state index is 11.6. The number of rotatable bonds is 8. The number of esters is 2. The Kier molecular flexibility index (Phi) is 7.53. The molecule has 0 radical (unpaired) electrons. The molecule has 0 bridgehead atoms. The van der Waals surface area contributed by atoms with Gasteiger partial charge in [-0.3, -0.25) is 4.79 Å². The molecule has 0 amide bonds. The summed E-state index contributed by atoms with van der Waals surface area (Å²) in [6, 6.07) is 0. The number of allylic oxidation sites excluding steroid dienone is 1. The molecule has 0 saturated carbocycles. The molecule has 6 heteroatoms. The lowest BCUT2D eigenvalue weighted by Crippen LogP contribution is -2.32. The SMILES string of the molecule is CCCC(OCCOC(C)=O)N1C=CCC(C(=O)OC)=C1. The number of carbonyl (C=O) groups is 2. The van der Waals surface area contributed by atoms with Crippen LogP contribution in [-0.4, -0.2) is 43.4 Å². The van der Waals surface area contributed by atoms with Gasteiger partial charge in [0, 0.05) is 25.7 Å². The summed E-state index contributed by atoms with van der Waals surface area (Å²) < 4.78 is 15.3. The van der Waals surface area contributed by atoms with Gasteiger partial charge in [0.25, 0.3) is 0 Å². The van der Waals surface area contributed by atoms with Crippen molar-refractivity contribution in [2.45, 2.75) is 39.3 Å². The lowest BCUT2D eigenvalue weighted by atomic mass is 10.1. The van der Waals surface area contributed by atoms with E-state index in [0.29, 0.717) is 18.6 Å². The Balaban J connectivity index is 2.59. The fourth-order valence-corrected chi connectivity index (χ4v) is 1.96. The predicted molar refractivity (Wildman–Crippen MR) is 77.0 cm³/mol. The molecular formula is C15H23NO5. The predicted octanol–water partition coefficient (Wildman–Crippen LogP) is 1.97. The number of methoxy groups -OCH3 is 1. The number of hydrogen-bond acceptors (Lipinski definition) is 6. The lowest BCUT2D eigenvalue weighted by molar-refractivity contribution is -0.144. The smallest absolute Gasteiger partial charge is 0.335 e. The van der Waals surface area contributed by atoms with Crippen molar-refractivity contribution in [1.82, 2.24) is 4.90 Å². The Morgan fingerprint density at radius 3 is 2.76 bits per heavy atom. The standard InChI is InChI=1S/C15H23NO5/c1-4-6-14(21-10-9-20-12(2)17)16-8-5-7-13(11-16)15(18)19-3/h5,8,11,14H,4,6-7,9-10H2,1-3H3. The molecule has 118 valence electrons. The monoisotopic (exact) mass is 297 g/mol. The Labute approximate surface area is 125 Å². The summed E-state index contributed by atoms with van der Waals surface area (Å²) in [6.07, 6.45) is 7.62. The average Bonchev–Trinajstić information content (AvgIpc) is 2.49. The Hall–Kier alpha value is -1.82. The number of ether oxygens (including phenoxy) is 3. The molecule has 1 heterocycles. The van der Waals surface area contributed by atoms with Gasteiger partial charge in [-0.2, -0.15) is 0 Å². The number of carbonyl (C=O) groups excluding carboxylic acids is 2. The zero-order valence-corrected chi connectivity index (χ0v) is 12.8. The first-order valence-electron chi connectivity index (χ1n) is 7.06. The van der Waals surface area contributed by atoms with Crippen molar-refractivity contribution >= 4 is 11.9 Å². The minimum absolute atomic E-state index is 0.193. The zero-order valence-electron chi connectivity index (χ0n) is 12.8. The highest BCUT2D eigenvalue weighted by atomic mass is 16.6. The second kappa shape index (κ2) is 9.18. The van der Waals surface area contributed by atoms with E-state index in [4.69, 9.17) is 14.2 Å². The van der Waals surface area contributed by atoms with Crippen molar-refractivity contribution in [1.29, 1.82) is 0 Å². The van der Waals surface area contributed by atoms with E-state index in [1.165, 1.54) is 14.0 Å². The van der Waals surface area contributed by atoms with Crippen LogP contribution in [0.4, 0.5) is 0 Å². The van der Waals surface area contributed by atoms with Gasteiger partial charge >= 0.3 is 11.9 Å². The highest BCUT2D eigenvalue weighted by molar-refractivity contribution is 5.88. The van der Waals surface area contributed by atoms with Gasteiger partial charge in [0.15, 0.2) is 0 Å². The molecule has 0 saturated heterocycles. The number of nitrogens with zero attached hydrogens (tertiary/aromatic N) is 1. The fraction of sp³-hybridized carbons (Fsp3) is 0.600. The van der Waals surface area contributed by atoms with Crippen LogP contribution in [0.1, 0.15) is 33.1 Å². The molecule has 0 aromatic carbocycles. The van der Waals surface area contributed by atoms with Crippen LogP contribution in [0.25, 0.3) is 0 Å². The molecule has 1 rings (SSSR count). The quantitative estimate of drug-likeness (QED) is 0.504. The summed E-state index contributed by atoms with van der Waals surface area (Å²) >= 11 is 0. The molecule has 1 aliphatic rings. The third-order valence-electron chi connectivity index (χ3n) is 2.93. The van der Waals surface area contributed by atoms with Crippen molar-refractivity contribution in [3.63, 3.8) is 0 Å². The second-order valence-corrected chi connectivity index (χ2v) is 4.64. The van der Waals surface area contributed by atoms with E-state index in [1.54, 1.807) is 6.20 Å². The third kappa shape index (κ3) is 5.99. The molecule has 21 heavy (non-hydrogen) atoms. The molecule has 1 atom stereocenters. The maximum Gasteiger partial charge on any atom is 0.335 e. The van der Waals surface area contributed by atoms with Crippen LogP contribution in [0.2, 0.25) is 0 Å². The molecule has 1 unspecified atom stereocenters. The molecule has 0 aromatic rings. The van der Waals surface area contributed by atoms with Gasteiger partial charge in [-0.15, -0.1) is 0 Å². The summed E-state index contributed by atoms with van der Waals surface area (Å²) in [5.74, 6) is -0.657. The normalized spacial score (nSPS) is 15.4. The van der Waals surface area contributed by atoms with Crippen LogP contribution >= 0.6 is 0 Å². The molecule has 0 N–H and O–H groups in total. The third-order valence-corrected chi connectivity index (χ3v) is 2.93. The van der Waals surface area contributed by atoms with E-state index >= 15 is 0 Å². The number of hydrogen-bond donors (Lipinski definition) is 0. The molecule has 1 aliphatic heterocycles. The second-order valence-electron chi connectivity index (χ2n) is 4.64. The van der Waals surface area contributed by atoms with Gasteiger partial charge in [-0.25, -0.2) is 4.79 Å². The molecule has 6 nitrogen and oxygen atoms in total. The van der Waals surface area contributed by atoms with Gasteiger partial charge in [0.1, 0.15) is 12.8 Å². The van der Waals surface area contributed by atoms with Crippen molar-refractivity contribution in [2.24, 2.45) is 0 Å². The molecule has 0 aliphatic carbocycles. The first kappa shape index (κ1) is 17.2. The highest BCUT2D eigenvalue weighted by Gasteiger charge is 2.19. The van der Waals surface area contributed by atoms with E-state index < -0.39 is 0 Å². The minimum Gasteiger partial charge on any atom is -0.466 e. The molecular weight excluding hydrogens is 274 g/mol. The van der Waals surface area contributed by atoms with Crippen LogP contribution in [0.3, 0.4) is 0 Å². The van der Waals surface area contributed by atoms with Crippen molar-refractivity contribution in [3.8, 4) is 0 Å². The van der Waals surface area contributed by atoms with Crippen LogP contribution in [0.15, 0.2) is 24.0 Å². The van der Waals surface area contributed by atoms with Gasteiger partial charge < -0.3 is 19.1 Å². The van der Waals surface area contributed by atoms with Gasteiger partial charge in [0.05, 0.1) is 19.3 Å². The van der Waals surface area contributed by atoms with Crippen molar-refractivity contribution in [2.75, 3.05) is 20.3 Å². The first-order chi connectivity index (χ1) is 10.1. The van der Waals surface area contributed by atoms with Crippen LogP contribution < -0.4 is 0 Å². The van der Waals surface area contributed by atoms with Crippen LogP contribution in [0.5, 0.6) is 0 Å². The average molecular weight is 297 g/mol. The van der Waals surface area contributed by atoms with Gasteiger partial charge in [0.2, 0.25) is 0 Å². The van der Waals surface area contributed by atoms with E-state index in [9.17, 15) is 9.59 Å². The van der Waals surface area contributed by atoms with E-state index in [0.717, 1.165) is 12.8 Å². The van der Waals surface area contributed by atoms with Crippen LogP contribution in [0, 0.1) is 0 Å². The maximum absolute atomic E-state index is 11.6. The van der Waals surface area contributed by atoms with E-state index in [1.807, 2.05) is 17.2 Å². The summed E-state index contributed by atoms with van der Waals surface area (Å²) in [7, 11) is 1.37. The van der Waals surface area contributed by atoms with Crippen molar-refractivity contribution < 1.29 is 23.8 Å². The Bertz CT molecular complexity index is 416. The zero-order chi connectivity index (χ0) is 15.7. The van der Waals surface area contributed by atoms with Crippen molar-refractivity contribution in [3.05, 3.63) is 24.0 Å². The summed E-state index contributed by atoms with van der Waals surface area (Å²) in [5, 5.41) is 0. The van der Waals surface area contributed by atoms with E-state index in [-0.39, 0.29) is 24.8 Å². The van der Waals surface area contributed by atoms with E-state index in [2.05, 4.69) is 6.92 Å². The van der Waals surface area contributed by atoms with Gasteiger partial charge in [-0.05, 0) is 6.42 Å². The van der Waals surface area contributed by atoms with Crippen LogP contribution in [-0.2, 0) is 23.8 Å². The Morgan fingerprint density at radius 1 is 1.38 bits per heavy atom. The highest BCUT2D eigenvalue weighted by Crippen LogP contribution is 2.19. The summed E-state index contributed by atoms with van der Waals surface area (Å²) in [5.41, 5.74) is 0.588. The Morgan fingerprint density at radius 2 is 2.14 bits per heavy atom.